The highest BCUT2D eigenvalue weighted by molar-refractivity contribution is 6.05. The van der Waals surface area contributed by atoms with Crippen molar-refractivity contribution in [3.8, 4) is 0 Å². The van der Waals surface area contributed by atoms with Crippen molar-refractivity contribution in [3.63, 3.8) is 0 Å². The van der Waals surface area contributed by atoms with Crippen molar-refractivity contribution in [2.75, 3.05) is 0 Å². The first-order valence-electron chi connectivity index (χ1n) is 10.2. The van der Waals surface area contributed by atoms with Crippen LogP contribution in [0.3, 0.4) is 0 Å². The molecule has 0 N–H and O–H groups in total. The van der Waals surface area contributed by atoms with E-state index in [-0.39, 0.29) is 5.97 Å². The summed E-state index contributed by atoms with van der Waals surface area (Å²) in [7, 11) is 4.79. The lowest BCUT2D eigenvalue weighted by Crippen LogP contribution is -2.00. The Labute approximate surface area is 146 Å². The Hall–Kier alpha value is -0.465. The fourth-order valence-electron chi connectivity index (χ4n) is 3.05. The normalized spacial score (nSPS) is 10.8. The van der Waals surface area contributed by atoms with Crippen molar-refractivity contribution in [2.24, 2.45) is 0 Å². The molecule has 23 heavy (non-hydrogen) atoms. The molecule has 0 aliphatic carbocycles. The number of rotatable bonds is 18. The first-order valence-corrected chi connectivity index (χ1v) is 10.2. The molecule has 0 aliphatic rings. The Morgan fingerprint density at radius 2 is 0.913 bits per heavy atom. The number of hydrogen-bond acceptors (Lipinski definition) is 2. The van der Waals surface area contributed by atoms with Crippen LogP contribution in [0.1, 0.15) is 122 Å². The van der Waals surface area contributed by atoms with Crippen molar-refractivity contribution in [3.05, 3.63) is 0 Å². The average Bonchev–Trinajstić information content (AvgIpc) is 2.57. The van der Waals surface area contributed by atoms with E-state index < -0.39 is 0 Å². The van der Waals surface area contributed by atoms with Gasteiger partial charge in [0.25, 0.3) is 5.97 Å². The van der Waals surface area contributed by atoms with Crippen LogP contribution in [0.4, 0.5) is 0 Å². The van der Waals surface area contributed by atoms with Gasteiger partial charge in [0.05, 0.1) is 0 Å². The number of unbranched alkanes of at least 4 members (excludes halogenated alkanes) is 16. The molecule has 0 heterocycles. The zero-order chi connectivity index (χ0) is 17.0. The second-order valence-electron chi connectivity index (χ2n) is 6.90. The SMILES string of the molecule is [B]OC(=O)CCCCCCCCCCCCCCCCCCC. The standard InChI is InChI=1S/C20H39BO2/c1-2-3-4-5-6-7-8-9-10-11-12-13-14-15-16-17-18-19-20(22)23-21/h2-19H2,1H3. The highest BCUT2D eigenvalue weighted by Crippen LogP contribution is 2.14. The minimum absolute atomic E-state index is 0.286. The summed E-state index contributed by atoms with van der Waals surface area (Å²) in [6.07, 6.45) is 23.4. The number of carbonyl (C=O) groups is 1. The van der Waals surface area contributed by atoms with Crippen LogP contribution in [0.5, 0.6) is 0 Å². The van der Waals surface area contributed by atoms with Crippen molar-refractivity contribution in [2.45, 2.75) is 122 Å². The topological polar surface area (TPSA) is 26.3 Å². The molecular weight excluding hydrogens is 283 g/mol. The van der Waals surface area contributed by atoms with E-state index in [1.165, 1.54) is 96.3 Å². The lowest BCUT2D eigenvalue weighted by atomic mass is 10.0. The molecule has 0 aliphatic heterocycles. The van der Waals surface area contributed by atoms with Gasteiger partial charge in [-0.3, -0.25) is 4.79 Å². The summed E-state index contributed by atoms with van der Waals surface area (Å²) in [4.78, 5) is 10.8. The molecule has 0 saturated heterocycles. The molecule has 0 atom stereocenters. The molecule has 2 radical (unpaired) electrons. The highest BCUT2D eigenvalue weighted by Gasteiger charge is 1.99. The maximum absolute atomic E-state index is 10.8. The lowest BCUT2D eigenvalue weighted by Gasteiger charge is -2.03. The van der Waals surface area contributed by atoms with Crippen LogP contribution in [0, 0.1) is 0 Å². The van der Waals surface area contributed by atoms with Crippen LogP contribution in [-0.2, 0) is 9.45 Å². The summed E-state index contributed by atoms with van der Waals surface area (Å²) in [6.45, 7) is 2.28. The summed E-state index contributed by atoms with van der Waals surface area (Å²) in [5.41, 5.74) is 0. The smallest absolute Gasteiger partial charge is 0.378 e. The average molecular weight is 322 g/mol. The van der Waals surface area contributed by atoms with E-state index in [4.69, 9.17) is 8.05 Å². The third kappa shape index (κ3) is 19.5. The molecule has 0 aromatic carbocycles. The van der Waals surface area contributed by atoms with E-state index in [1.54, 1.807) is 0 Å². The van der Waals surface area contributed by atoms with Gasteiger partial charge in [0.1, 0.15) is 0 Å². The molecule has 0 unspecified atom stereocenters. The molecule has 3 heteroatoms. The molecule has 0 spiro atoms. The predicted octanol–water partition coefficient (Wildman–Crippen LogP) is 6.65. The molecule has 2 nitrogen and oxygen atoms in total. The third-order valence-electron chi connectivity index (χ3n) is 4.62. The molecule has 0 saturated carbocycles. The minimum atomic E-state index is -0.286. The first-order chi connectivity index (χ1) is 11.3. The second-order valence-corrected chi connectivity index (χ2v) is 6.90. The second kappa shape index (κ2) is 19.6. The van der Waals surface area contributed by atoms with Crippen molar-refractivity contribution in [1.82, 2.24) is 0 Å². The van der Waals surface area contributed by atoms with Crippen molar-refractivity contribution >= 4 is 14.0 Å². The van der Waals surface area contributed by atoms with Gasteiger partial charge in [-0.1, -0.05) is 110 Å². The van der Waals surface area contributed by atoms with Crippen LogP contribution in [0.25, 0.3) is 0 Å². The van der Waals surface area contributed by atoms with Crippen LogP contribution in [0.2, 0.25) is 0 Å². The van der Waals surface area contributed by atoms with E-state index in [2.05, 4.69) is 11.6 Å². The van der Waals surface area contributed by atoms with Gasteiger partial charge >= 0.3 is 8.05 Å². The summed E-state index contributed by atoms with van der Waals surface area (Å²) in [5.74, 6) is -0.286. The van der Waals surface area contributed by atoms with Gasteiger partial charge in [-0.2, -0.15) is 0 Å². The van der Waals surface area contributed by atoms with Gasteiger partial charge in [-0.15, -0.1) is 0 Å². The van der Waals surface area contributed by atoms with Gasteiger partial charge < -0.3 is 4.65 Å². The molecule has 0 bridgehead atoms. The largest absolute Gasteiger partial charge is 0.543 e. The maximum atomic E-state index is 10.8. The molecule has 0 fully saturated rings. The maximum Gasteiger partial charge on any atom is 0.378 e. The lowest BCUT2D eigenvalue weighted by molar-refractivity contribution is -0.134. The molecule has 0 amide bonds. The van der Waals surface area contributed by atoms with Crippen molar-refractivity contribution in [1.29, 1.82) is 0 Å². The summed E-state index contributed by atoms with van der Waals surface area (Å²) >= 11 is 0. The first kappa shape index (κ1) is 22.5. The Kier molecular flexibility index (Phi) is 19.2. The minimum Gasteiger partial charge on any atom is -0.543 e. The van der Waals surface area contributed by atoms with Crippen LogP contribution in [0.15, 0.2) is 0 Å². The number of hydrogen-bond donors (Lipinski definition) is 0. The molecule has 134 valence electrons. The van der Waals surface area contributed by atoms with E-state index >= 15 is 0 Å². The van der Waals surface area contributed by atoms with Crippen LogP contribution in [-0.4, -0.2) is 14.0 Å². The van der Waals surface area contributed by atoms with Crippen LogP contribution >= 0.6 is 0 Å². The summed E-state index contributed by atoms with van der Waals surface area (Å²) in [5, 5.41) is 0. The summed E-state index contributed by atoms with van der Waals surface area (Å²) in [6, 6.07) is 0. The summed E-state index contributed by atoms with van der Waals surface area (Å²) < 4.78 is 4.14. The monoisotopic (exact) mass is 322 g/mol. The fraction of sp³-hybridized carbons (Fsp3) is 0.950. The highest BCUT2D eigenvalue weighted by atomic mass is 16.5. The van der Waals surface area contributed by atoms with Crippen molar-refractivity contribution < 1.29 is 9.45 Å². The zero-order valence-corrected chi connectivity index (χ0v) is 15.6. The predicted molar refractivity (Wildman–Crippen MR) is 101 cm³/mol. The van der Waals surface area contributed by atoms with E-state index in [0.29, 0.717) is 6.42 Å². The Morgan fingerprint density at radius 1 is 0.609 bits per heavy atom. The van der Waals surface area contributed by atoms with Gasteiger partial charge in [0.15, 0.2) is 0 Å². The van der Waals surface area contributed by atoms with Gasteiger partial charge in [-0.25, -0.2) is 0 Å². The van der Waals surface area contributed by atoms with Gasteiger partial charge in [-0.05, 0) is 6.42 Å². The Bertz CT molecular complexity index is 244. The molecule has 0 rings (SSSR count). The van der Waals surface area contributed by atoms with Gasteiger partial charge in [0, 0.05) is 6.42 Å². The fourth-order valence-corrected chi connectivity index (χ4v) is 3.05. The van der Waals surface area contributed by atoms with Crippen LogP contribution < -0.4 is 0 Å². The number of carbonyl (C=O) groups excluding carboxylic acids is 1. The zero-order valence-electron chi connectivity index (χ0n) is 15.6. The molecule has 0 aromatic heterocycles. The molecule has 0 aromatic rings. The van der Waals surface area contributed by atoms with E-state index in [1.807, 2.05) is 0 Å². The third-order valence-corrected chi connectivity index (χ3v) is 4.62. The quantitative estimate of drug-likeness (QED) is 0.208. The van der Waals surface area contributed by atoms with E-state index in [9.17, 15) is 4.79 Å². The van der Waals surface area contributed by atoms with E-state index in [0.717, 1.165) is 12.8 Å². The Morgan fingerprint density at radius 3 is 1.22 bits per heavy atom. The van der Waals surface area contributed by atoms with Gasteiger partial charge in [0.2, 0.25) is 0 Å². The molecular formula is C20H39BO2. The Balaban J connectivity index is 2.99.